The molecule has 1 aliphatic rings. The Morgan fingerprint density at radius 1 is 1.14 bits per heavy atom. The van der Waals surface area contributed by atoms with Crippen molar-refractivity contribution in [3.63, 3.8) is 0 Å². The van der Waals surface area contributed by atoms with Crippen molar-refractivity contribution >= 4 is 35.6 Å². The van der Waals surface area contributed by atoms with Crippen molar-refractivity contribution < 1.29 is 14.3 Å². The molecule has 1 saturated heterocycles. The molecule has 0 saturated carbocycles. The fourth-order valence-electron chi connectivity index (χ4n) is 2.58. The van der Waals surface area contributed by atoms with E-state index < -0.39 is 0 Å². The van der Waals surface area contributed by atoms with E-state index in [2.05, 4.69) is 29.6 Å². The predicted molar refractivity (Wildman–Crippen MR) is 122 cm³/mol. The van der Waals surface area contributed by atoms with Crippen molar-refractivity contribution in [3.8, 4) is 11.5 Å². The highest BCUT2D eigenvalue weighted by Gasteiger charge is 2.17. The second-order valence-electron chi connectivity index (χ2n) is 6.63. The lowest BCUT2D eigenvalue weighted by Crippen LogP contribution is -2.24. The van der Waals surface area contributed by atoms with Crippen LogP contribution < -0.4 is 14.9 Å². The maximum absolute atomic E-state index is 11.9. The fourth-order valence-corrected chi connectivity index (χ4v) is 5.44. The van der Waals surface area contributed by atoms with Crippen LogP contribution in [-0.4, -0.2) is 36.3 Å². The van der Waals surface area contributed by atoms with Gasteiger partial charge in [-0.25, -0.2) is 5.43 Å². The summed E-state index contributed by atoms with van der Waals surface area (Å²) in [5.41, 5.74) is 4.65. The number of carbonyl (C=O) groups is 1. The number of amides is 1. The number of hydrazone groups is 1. The normalized spacial score (nSPS) is 15.4. The third-order valence-electron chi connectivity index (χ3n) is 4.34. The van der Waals surface area contributed by atoms with Gasteiger partial charge in [-0.2, -0.15) is 5.10 Å². The zero-order chi connectivity index (χ0) is 20.5. The number of hydrogen-bond acceptors (Lipinski definition) is 6. The summed E-state index contributed by atoms with van der Waals surface area (Å²) in [5.74, 6) is 3.60. The van der Waals surface area contributed by atoms with Gasteiger partial charge in [-0.1, -0.05) is 19.1 Å². The van der Waals surface area contributed by atoms with E-state index in [0.717, 1.165) is 17.7 Å². The van der Waals surface area contributed by atoms with Gasteiger partial charge in [-0.3, -0.25) is 4.79 Å². The van der Waals surface area contributed by atoms with Crippen LogP contribution in [0, 0.1) is 0 Å². The summed E-state index contributed by atoms with van der Waals surface area (Å²) in [7, 11) is 0. The van der Waals surface area contributed by atoms with Crippen LogP contribution >= 0.6 is 23.5 Å². The third-order valence-corrected chi connectivity index (χ3v) is 7.44. The molecule has 29 heavy (non-hydrogen) atoms. The predicted octanol–water partition coefficient (Wildman–Crippen LogP) is 4.87. The zero-order valence-electron chi connectivity index (χ0n) is 16.7. The monoisotopic (exact) mass is 430 g/mol. The molecule has 2 aromatic rings. The molecule has 5 nitrogen and oxygen atoms in total. The van der Waals surface area contributed by atoms with E-state index in [1.165, 1.54) is 17.1 Å². The molecule has 1 amide bonds. The number of rotatable bonds is 9. The summed E-state index contributed by atoms with van der Waals surface area (Å²) in [6.07, 6.45) is 2.74. The largest absolute Gasteiger partial charge is 0.491 e. The summed E-state index contributed by atoms with van der Waals surface area (Å²) < 4.78 is 11.8. The van der Waals surface area contributed by atoms with E-state index in [1.54, 1.807) is 6.21 Å². The van der Waals surface area contributed by atoms with E-state index in [1.807, 2.05) is 66.8 Å². The number of nitrogens with one attached hydrogen (secondary N) is 1. The van der Waals surface area contributed by atoms with Gasteiger partial charge in [-0.05, 0) is 60.9 Å². The van der Waals surface area contributed by atoms with Crippen LogP contribution in [0.4, 0.5) is 0 Å². The van der Waals surface area contributed by atoms with Crippen LogP contribution in [0.3, 0.4) is 0 Å². The minimum absolute atomic E-state index is 0.0781. The number of ether oxygens (including phenoxy) is 2. The highest BCUT2D eigenvalue weighted by molar-refractivity contribution is 8.19. The standard InChI is InChI=1S/C22H26N2O3S2/c1-3-16(2)27-20-8-4-17(5-9-20)14-23-24-21(25)15-26-19-10-6-18(7-11-19)22-28-12-13-29-22/h4-11,14,16,22H,3,12-13,15H2,1-2H3,(H,24,25)/b23-14-/t16-/m0/s1. The molecule has 1 aliphatic heterocycles. The Hall–Kier alpha value is -2.12. The average molecular weight is 431 g/mol. The molecule has 3 rings (SSSR count). The molecule has 2 aromatic carbocycles. The second-order valence-corrected chi connectivity index (χ2v) is 9.35. The van der Waals surface area contributed by atoms with E-state index >= 15 is 0 Å². The maximum atomic E-state index is 11.9. The van der Waals surface area contributed by atoms with Gasteiger partial charge in [0.1, 0.15) is 11.5 Å². The molecule has 0 unspecified atom stereocenters. The SMILES string of the molecule is CC[C@H](C)Oc1ccc(/C=N\NC(=O)COc2ccc(C3SCCS3)cc2)cc1. The van der Waals surface area contributed by atoms with Crippen LogP contribution in [0.2, 0.25) is 0 Å². The molecule has 0 bridgehead atoms. The average Bonchev–Trinajstić information content (AvgIpc) is 3.29. The Balaban J connectivity index is 1.40. The summed E-state index contributed by atoms with van der Waals surface area (Å²) in [6.45, 7) is 4.04. The minimum Gasteiger partial charge on any atom is -0.491 e. The first-order valence-electron chi connectivity index (χ1n) is 9.68. The molecular formula is C22H26N2O3S2. The Kier molecular flexibility index (Phi) is 8.31. The smallest absolute Gasteiger partial charge is 0.277 e. The van der Waals surface area contributed by atoms with Gasteiger partial charge in [0.15, 0.2) is 6.61 Å². The molecule has 1 fully saturated rings. The van der Waals surface area contributed by atoms with Crippen molar-refractivity contribution in [1.82, 2.24) is 5.43 Å². The molecule has 0 aromatic heterocycles. The lowest BCUT2D eigenvalue weighted by molar-refractivity contribution is -0.123. The van der Waals surface area contributed by atoms with Crippen molar-refractivity contribution in [1.29, 1.82) is 0 Å². The topological polar surface area (TPSA) is 59.9 Å². The molecule has 0 aliphatic carbocycles. The number of carbonyl (C=O) groups excluding carboxylic acids is 1. The van der Waals surface area contributed by atoms with Crippen LogP contribution in [0.25, 0.3) is 0 Å². The first kappa shape index (κ1) is 21.6. The molecule has 0 radical (unpaired) electrons. The van der Waals surface area contributed by atoms with Crippen LogP contribution in [0.5, 0.6) is 11.5 Å². The van der Waals surface area contributed by atoms with Crippen molar-refractivity contribution in [2.24, 2.45) is 5.10 Å². The van der Waals surface area contributed by atoms with Crippen molar-refractivity contribution in [2.45, 2.75) is 31.0 Å². The van der Waals surface area contributed by atoms with E-state index in [-0.39, 0.29) is 18.6 Å². The summed E-state index contributed by atoms with van der Waals surface area (Å²) >= 11 is 3.93. The quantitative estimate of drug-likeness (QED) is 0.454. The highest BCUT2D eigenvalue weighted by Crippen LogP contribution is 2.45. The maximum Gasteiger partial charge on any atom is 0.277 e. The van der Waals surface area contributed by atoms with E-state index in [0.29, 0.717) is 10.3 Å². The Labute approximate surface area is 180 Å². The van der Waals surface area contributed by atoms with Gasteiger partial charge < -0.3 is 9.47 Å². The molecule has 0 spiro atoms. The minimum atomic E-state index is -0.302. The van der Waals surface area contributed by atoms with Gasteiger partial charge in [0, 0.05) is 11.5 Å². The summed E-state index contributed by atoms with van der Waals surface area (Å²) in [5, 5.41) is 3.98. The molecular weight excluding hydrogens is 404 g/mol. The Morgan fingerprint density at radius 3 is 2.45 bits per heavy atom. The fraction of sp³-hybridized carbons (Fsp3) is 0.364. The number of nitrogens with zero attached hydrogens (tertiary/aromatic N) is 1. The van der Waals surface area contributed by atoms with Gasteiger partial charge in [0.2, 0.25) is 0 Å². The molecule has 7 heteroatoms. The van der Waals surface area contributed by atoms with E-state index in [4.69, 9.17) is 9.47 Å². The van der Waals surface area contributed by atoms with Crippen LogP contribution in [-0.2, 0) is 4.79 Å². The number of hydrogen-bond donors (Lipinski definition) is 1. The number of thioether (sulfide) groups is 2. The van der Waals surface area contributed by atoms with Gasteiger partial charge in [0.25, 0.3) is 5.91 Å². The summed E-state index contributed by atoms with van der Waals surface area (Å²) in [6, 6.07) is 15.5. The zero-order valence-corrected chi connectivity index (χ0v) is 18.3. The third kappa shape index (κ3) is 7.01. The highest BCUT2D eigenvalue weighted by atomic mass is 32.2. The lowest BCUT2D eigenvalue weighted by atomic mass is 10.2. The second kappa shape index (κ2) is 11.2. The summed E-state index contributed by atoms with van der Waals surface area (Å²) in [4.78, 5) is 11.9. The molecule has 1 N–H and O–H groups in total. The van der Waals surface area contributed by atoms with Crippen LogP contribution in [0.15, 0.2) is 53.6 Å². The first-order valence-corrected chi connectivity index (χ1v) is 11.8. The van der Waals surface area contributed by atoms with E-state index in [9.17, 15) is 4.79 Å². The first-order chi connectivity index (χ1) is 14.1. The Morgan fingerprint density at radius 2 is 1.79 bits per heavy atom. The Bertz CT molecular complexity index is 804. The van der Waals surface area contributed by atoms with Gasteiger partial charge in [0.05, 0.1) is 16.9 Å². The lowest BCUT2D eigenvalue weighted by Gasteiger charge is -2.12. The number of benzene rings is 2. The van der Waals surface area contributed by atoms with Gasteiger partial charge >= 0.3 is 0 Å². The van der Waals surface area contributed by atoms with Crippen molar-refractivity contribution in [3.05, 3.63) is 59.7 Å². The molecule has 1 atom stereocenters. The van der Waals surface area contributed by atoms with Gasteiger partial charge in [-0.15, -0.1) is 23.5 Å². The van der Waals surface area contributed by atoms with Crippen LogP contribution in [0.1, 0.15) is 36.0 Å². The molecule has 154 valence electrons. The molecule has 1 heterocycles. The van der Waals surface area contributed by atoms with Crippen molar-refractivity contribution in [2.75, 3.05) is 18.1 Å².